The third-order valence-electron chi connectivity index (χ3n) is 3.44. The van der Waals surface area contributed by atoms with Crippen molar-refractivity contribution >= 4 is 0 Å². The van der Waals surface area contributed by atoms with Gasteiger partial charge in [-0.05, 0) is 38.5 Å². The maximum Gasteiger partial charge on any atom is 0.162 e. The quantitative estimate of drug-likeness (QED) is 0.921. The van der Waals surface area contributed by atoms with Crippen LogP contribution in [0.15, 0.2) is 30.5 Å². The number of nitrogens with zero attached hydrogens (tertiary/aromatic N) is 2. The Labute approximate surface area is 124 Å². The van der Waals surface area contributed by atoms with Gasteiger partial charge in [-0.25, -0.2) is 4.39 Å². The molecule has 1 unspecified atom stereocenters. The normalized spacial score (nSPS) is 14.2. The zero-order chi connectivity index (χ0) is 15.6. The van der Waals surface area contributed by atoms with Crippen molar-refractivity contribution < 1.29 is 14.2 Å². The SMILES string of the molecule is COc1cnn(C(C)C)c1C(C)(O)Cc1ccc(F)cc1. The highest BCUT2D eigenvalue weighted by Gasteiger charge is 2.32. The highest BCUT2D eigenvalue weighted by Crippen LogP contribution is 2.34. The Balaban J connectivity index is 2.38. The maximum atomic E-state index is 13.0. The first kappa shape index (κ1) is 15.5. The monoisotopic (exact) mass is 292 g/mol. The number of hydrogen-bond acceptors (Lipinski definition) is 3. The van der Waals surface area contributed by atoms with Crippen LogP contribution in [0.25, 0.3) is 0 Å². The van der Waals surface area contributed by atoms with E-state index in [1.54, 1.807) is 37.0 Å². The van der Waals surface area contributed by atoms with E-state index >= 15 is 0 Å². The van der Waals surface area contributed by atoms with Crippen molar-refractivity contribution in [1.29, 1.82) is 0 Å². The largest absolute Gasteiger partial charge is 0.493 e. The lowest BCUT2D eigenvalue weighted by atomic mass is 9.92. The molecule has 0 spiro atoms. The van der Waals surface area contributed by atoms with Crippen LogP contribution in [0, 0.1) is 5.82 Å². The molecule has 0 aliphatic rings. The number of aliphatic hydroxyl groups is 1. The van der Waals surface area contributed by atoms with E-state index < -0.39 is 5.60 Å². The number of benzene rings is 1. The molecule has 1 aromatic heterocycles. The first-order valence-electron chi connectivity index (χ1n) is 6.94. The summed E-state index contributed by atoms with van der Waals surface area (Å²) in [5.41, 5.74) is 0.313. The van der Waals surface area contributed by atoms with Gasteiger partial charge >= 0.3 is 0 Å². The summed E-state index contributed by atoms with van der Waals surface area (Å²) < 4.78 is 20.1. The fraction of sp³-hybridized carbons (Fsp3) is 0.438. The van der Waals surface area contributed by atoms with E-state index in [-0.39, 0.29) is 11.9 Å². The van der Waals surface area contributed by atoms with Crippen molar-refractivity contribution in [2.24, 2.45) is 0 Å². The maximum absolute atomic E-state index is 13.0. The van der Waals surface area contributed by atoms with Gasteiger partial charge in [0.05, 0.1) is 13.3 Å². The standard InChI is InChI=1S/C16H21FN2O2/c1-11(2)19-15(14(21-4)10-18-19)16(3,20)9-12-5-7-13(17)8-6-12/h5-8,10-11,20H,9H2,1-4H3. The van der Waals surface area contributed by atoms with Crippen LogP contribution in [0.5, 0.6) is 5.75 Å². The van der Waals surface area contributed by atoms with Crippen molar-refractivity contribution in [3.63, 3.8) is 0 Å². The van der Waals surface area contributed by atoms with E-state index in [2.05, 4.69) is 5.10 Å². The van der Waals surface area contributed by atoms with Crippen molar-refractivity contribution in [2.75, 3.05) is 7.11 Å². The summed E-state index contributed by atoms with van der Waals surface area (Å²) in [5, 5.41) is 15.2. The van der Waals surface area contributed by atoms with Gasteiger partial charge < -0.3 is 9.84 Å². The van der Waals surface area contributed by atoms with Crippen molar-refractivity contribution in [2.45, 2.75) is 38.8 Å². The van der Waals surface area contributed by atoms with Crippen molar-refractivity contribution in [1.82, 2.24) is 9.78 Å². The van der Waals surface area contributed by atoms with Gasteiger partial charge in [0.15, 0.2) is 5.75 Å². The summed E-state index contributed by atoms with van der Waals surface area (Å²) in [6.45, 7) is 5.70. The number of ether oxygens (including phenoxy) is 1. The molecule has 2 rings (SSSR count). The van der Waals surface area contributed by atoms with E-state index in [9.17, 15) is 9.50 Å². The smallest absolute Gasteiger partial charge is 0.162 e. The number of hydrogen-bond donors (Lipinski definition) is 1. The topological polar surface area (TPSA) is 47.3 Å². The molecule has 2 aromatic rings. The summed E-state index contributed by atoms with van der Waals surface area (Å²) >= 11 is 0. The van der Waals surface area contributed by atoms with Gasteiger partial charge in [-0.3, -0.25) is 4.68 Å². The minimum absolute atomic E-state index is 0.101. The molecule has 114 valence electrons. The zero-order valence-corrected chi connectivity index (χ0v) is 12.8. The molecular formula is C16H21FN2O2. The van der Waals surface area contributed by atoms with Gasteiger partial charge in [0.2, 0.25) is 0 Å². The summed E-state index contributed by atoms with van der Waals surface area (Å²) in [4.78, 5) is 0. The van der Waals surface area contributed by atoms with Gasteiger partial charge in [-0.2, -0.15) is 5.10 Å². The van der Waals surface area contributed by atoms with E-state index in [0.717, 1.165) is 5.56 Å². The molecule has 0 bridgehead atoms. The molecule has 5 heteroatoms. The summed E-state index contributed by atoms with van der Waals surface area (Å²) in [5.74, 6) is 0.263. The van der Waals surface area contributed by atoms with E-state index in [1.165, 1.54) is 12.1 Å². The van der Waals surface area contributed by atoms with Gasteiger partial charge in [0.25, 0.3) is 0 Å². The van der Waals surface area contributed by atoms with Crippen LogP contribution in [0.4, 0.5) is 4.39 Å². The molecule has 1 heterocycles. The lowest BCUT2D eigenvalue weighted by Crippen LogP contribution is -2.29. The van der Waals surface area contributed by atoms with Crippen LogP contribution in [0.2, 0.25) is 0 Å². The molecule has 0 aliphatic carbocycles. The van der Waals surface area contributed by atoms with Gasteiger partial charge in [0, 0.05) is 12.5 Å². The third kappa shape index (κ3) is 3.24. The first-order chi connectivity index (χ1) is 9.85. The molecule has 21 heavy (non-hydrogen) atoms. The Morgan fingerprint density at radius 2 is 1.95 bits per heavy atom. The Morgan fingerprint density at radius 1 is 1.33 bits per heavy atom. The minimum atomic E-state index is -1.16. The number of halogens is 1. The molecule has 4 nitrogen and oxygen atoms in total. The zero-order valence-electron chi connectivity index (χ0n) is 12.8. The van der Waals surface area contributed by atoms with Crippen LogP contribution >= 0.6 is 0 Å². The summed E-state index contributed by atoms with van der Waals surface area (Å²) in [7, 11) is 1.55. The molecule has 0 amide bonds. The Bertz CT molecular complexity index is 603. The first-order valence-corrected chi connectivity index (χ1v) is 6.94. The lowest BCUT2D eigenvalue weighted by Gasteiger charge is -2.27. The van der Waals surface area contributed by atoms with Crippen LogP contribution in [-0.4, -0.2) is 22.0 Å². The average Bonchev–Trinajstić information content (AvgIpc) is 2.86. The number of rotatable bonds is 5. The fourth-order valence-corrected chi connectivity index (χ4v) is 2.48. The predicted molar refractivity (Wildman–Crippen MR) is 78.8 cm³/mol. The molecule has 1 aromatic carbocycles. The highest BCUT2D eigenvalue weighted by atomic mass is 19.1. The van der Waals surface area contributed by atoms with Gasteiger partial charge in [-0.1, -0.05) is 12.1 Å². The molecule has 0 saturated carbocycles. The Kier molecular flexibility index (Phi) is 4.32. The second kappa shape index (κ2) is 5.85. The van der Waals surface area contributed by atoms with E-state index in [1.807, 2.05) is 13.8 Å². The number of methoxy groups -OCH3 is 1. The Morgan fingerprint density at radius 3 is 2.48 bits per heavy atom. The second-order valence-electron chi connectivity index (χ2n) is 5.68. The molecule has 0 fully saturated rings. The lowest BCUT2D eigenvalue weighted by molar-refractivity contribution is 0.0439. The number of aromatic nitrogens is 2. The van der Waals surface area contributed by atoms with E-state index in [0.29, 0.717) is 17.9 Å². The third-order valence-corrected chi connectivity index (χ3v) is 3.44. The molecular weight excluding hydrogens is 271 g/mol. The van der Waals surface area contributed by atoms with Gasteiger partial charge in [-0.15, -0.1) is 0 Å². The second-order valence-corrected chi connectivity index (χ2v) is 5.68. The van der Waals surface area contributed by atoms with Crippen LogP contribution < -0.4 is 4.74 Å². The summed E-state index contributed by atoms with van der Waals surface area (Å²) in [6.07, 6.45) is 1.95. The van der Waals surface area contributed by atoms with Crippen molar-refractivity contribution in [3.05, 3.63) is 47.5 Å². The van der Waals surface area contributed by atoms with E-state index in [4.69, 9.17) is 4.74 Å². The summed E-state index contributed by atoms with van der Waals surface area (Å²) in [6, 6.07) is 6.23. The minimum Gasteiger partial charge on any atom is -0.493 e. The molecule has 0 radical (unpaired) electrons. The molecule has 1 N–H and O–H groups in total. The highest BCUT2D eigenvalue weighted by molar-refractivity contribution is 5.33. The van der Waals surface area contributed by atoms with Gasteiger partial charge in [0.1, 0.15) is 17.1 Å². The van der Waals surface area contributed by atoms with Crippen LogP contribution in [0.3, 0.4) is 0 Å². The molecule has 1 atom stereocenters. The van der Waals surface area contributed by atoms with Crippen LogP contribution in [-0.2, 0) is 12.0 Å². The fourth-order valence-electron chi connectivity index (χ4n) is 2.48. The van der Waals surface area contributed by atoms with Crippen LogP contribution in [0.1, 0.15) is 38.1 Å². The molecule has 0 saturated heterocycles. The van der Waals surface area contributed by atoms with Crippen molar-refractivity contribution in [3.8, 4) is 5.75 Å². The molecule has 0 aliphatic heterocycles. The Hall–Kier alpha value is -1.88. The predicted octanol–water partition coefficient (Wildman–Crippen LogP) is 3.06. The average molecular weight is 292 g/mol.